The van der Waals surface area contributed by atoms with Crippen molar-refractivity contribution in [1.82, 2.24) is 5.32 Å². The van der Waals surface area contributed by atoms with Crippen LogP contribution in [0.3, 0.4) is 0 Å². The van der Waals surface area contributed by atoms with E-state index in [2.05, 4.69) is 12.2 Å². The van der Waals surface area contributed by atoms with Crippen LogP contribution < -0.4 is 5.32 Å². The SMILES string of the molecule is C[C@@H](CO)[C@H]1CCC[C@]12CCC[C@H](CC(=O)OC(C)(C)C)N2. The van der Waals surface area contributed by atoms with Crippen molar-refractivity contribution in [2.24, 2.45) is 11.8 Å². The van der Waals surface area contributed by atoms with E-state index in [-0.39, 0.29) is 24.2 Å². The molecule has 2 fully saturated rings. The van der Waals surface area contributed by atoms with Crippen LogP contribution in [-0.2, 0) is 9.53 Å². The van der Waals surface area contributed by atoms with E-state index in [0.717, 1.165) is 12.8 Å². The van der Waals surface area contributed by atoms with Gasteiger partial charge in [-0.1, -0.05) is 19.8 Å². The van der Waals surface area contributed by atoms with Crippen molar-refractivity contribution < 1.29 is 14.6 Å². The van der Waals surface area contributed by atoms with Crippen LogP contribution in [0.1, 0.15) is 72.6 Å². The number of aliphatic hydroxyl groups excluding tert-OH is 1. The highest BCUT2D eigenvalue weighted by Crippen LogP contribution is 2.45. The van der Waals surface area contributed by atoms with Gasteiger partial charge in [0.1, 0.15) is 5.60 Å². The Morgan fingerprint density at radius 1 is 1.32 bits per heavy atom. The highest BCUT2D eigenvalue weighted by atomic mass is 16.6. The molecular weight excluding hydrogens is 278 g/mol. The molecule has 0 aromatic carbocycles. The topological polar surface area (TPSA) is 58.6 Å². The van der Waals surface area contributed by atoms with Crippen molar-refractivity contribution in [3.8, 4) is 0 Å². The van der Waals surface area contributed by atoms with Crippen molar-refractivity contribution in [1.29, 1.82) is 0 Å². The van der Waals surface area contributed by atoms with E-state index in [0.29, 0.717) is 18.3 Å². The molecule has 0 aromatic heterocycles. The van der Waals surface area contributed by atoms with Crippen LogP contribution in [0, 0.1) is 11.8 Å². The Labute approximate surface area is 135 Å². The molecule has 0 amide bonds. The first kappa shape index (κ1) is 17.7. The number of hydrogen-bond acceptors (Lipinski definition) is 4. The van der Waals surface area contributed by atoms with Gasteiger partial charge in [-0.3, -0.25) is 4.79 Å². The van der Waals surface area contributed by atoms with Gasteiger partial charge < -0.3 is 15.2 Å². The van der Waals surface area contributed by atoms with Gasteiger partial charge in [-0.2, -0.15) is 0 Å². The largest absolute Gasteiger partial charge is 0.460 e. The summed E-state index contributed by atoms with van der Waals surface area (Å²) >= 11 is 0. The van der Waals surface area contributed by atoms with Crippen molar-refractivity contribution in [2.75, 3.05) is 6.61 Å². The molecule has 128 valence electrons. The molecule has 2 rings (SSSR count). The van der Waals surface area contributed by atoms with Gasteiger partial charge in [0.05, 0.1) is 6.42 Å². The minimum absolute atomic E-state index is 0.105. The second-order valence-electron chi connectivity index (χ2n) is 8.34. The summed E-state index contributed by atoms with van der Waals surface area (Å²) in [7, 11) is 0. The lowest BCUT2D eigenvalue weighted by atomic mass is 9.73. The Hall–Kier alpha value is -0.610. The molecule has 1 aliphatic heterocycles. The van der Waals surface area contributed by atoms with Gasteiger partial charge in [0.2, 0.25) is 0 Å². The lowest BCUT2D eigenvalue weighted by Gasteiger charge is -2.45. The molecular formula is C18H33NO3. The van der Waals surface area contributed by atoms with Gasteiger partial charge >= 0.3 is 5.97 Å². The summed E-state index contributed by atoms with van der Waals surface area (Å²) in [6, 6.07) is 0.218. The number of hydrogen-bond donors (Lipinski definition) is 2. The zero-order chi connectivity index (χ0) is 16.4. The van der Waals surface area contributed by atoms with Crippen molar-refractivity contribution in [2.45, 2.75) is 89.8 Å². The molecule has 1 saturated carbocycles. The lowest BCUT2D eigenvalue weighted by molar-refractivity contribution is -0.155. The third-order valence-corrected chi connectivity index (χ3v) is 5.32. The zero-order valence-corrected chi connectivity index (χ0v) is 14.7. The van der Waals surface area contributed by atoms with Gasteiger partial charge in [0, 0.05) is 18.2 Å². The minimum atomic E-state index is -0.412. The number of carbonyl (C=O) groups is 1. The summed E-state index contributed by atoms with van der Waals surface area (Å²) in [5, 5.41) is 13.3. The van der Waals surface area contributed by atoms with Crippen LogP contribution in [-0.4, -0.2) is 34.9 Å². The standard InChI is InChI=1S/C18H33NO3/c1-13(12-20)15-8-6-10-18(15)9-5-7-14(19-18)11-16(21)22-17(2,3)4/h13-15,19-20H,5-12H2,1-4H3/t13-,14+,15+,18+/m0/s1. The molecule has 0 bridgehead atoms. The Morgan fingerprint density at radius 3 is 2.55 bits per heavy atom. The molecule has 2 N–H and O–H groups in total. The molecule has 0 unspecified atom stereocenters. The van der Waals surface area contributed by atoms with Crippen LogP contribution in [0.4, 0.5) is 0 Å². The van der Waals surface area contributed by atoms with Crippen LogP contribution in [0.5, 0.6) is 0 Å². The predicted molar refractivity (Wildman–Crippen MR) is 87.6 cm³/mol. The van der Waals surface area contributed by atoms with E-state index in [1.54, 1.807) is 0 Å². The van der Waals surface area contributed by atoms with Crippen LogP contribution in [0.25, 0.3) is 0 Å². The Morgan fingerprint density at radius 2 is 1.95 bits per heavy atom. The maximum absolute atomic E-state index is 12.1. The molecule has 22 heavy (non-hydrogen) atoms. The molecule has 1 saturated heterocycles. The maximum atomic E-state index is 12.1. The summed E-state index contributed by atoms with van der Waals surface area (Å²) in [5.41, 5.74) is -0.280. The van der Waals surface area contributed by atoms with Gasteiger partial charge in [0.15, 0.2) is 0 Å². The average Bonchev–Trinajstić information content (AvgIpc) is 2.78. The molecule has 4 nitrogen and oxygen atoms in total. The second kappa shape index (κ2) is 6.88. The van der Waals surface area contributed by atoms with Crippen molar-refractivity contribution >= 4 is 5.97 Å². The highest BCUT2D eigenvalue weighted by Gasteiger charge is 2.47. The monoisotopic (exact) mass is 311 g/mol. The molecule has 1 heterocycles. The molecule has 2 aliphatic rings. The van der Waals surface area contributed by atoms with E-state index >= 15 is 0 Å². The maximum Gasteiger partial charge on any atom is 0.307 e. The van der Waals surface area contributed by atoms with Crippen LogP contribution in [0.2, 0.25) is 0 Å². The molecule has 4 heteroatoms. The molecule has 1 spiro atoms. The van der Waals surface area contributed by atoms with Crippen LogP contribution in [0.15, 0.2) is 0 Å². The van der Waals surface area contributed by atoms with Crippen molar-refractivity contribution in [3.63, 3.8) is 0 Å². The summed E-state index contributed by atoms with van der Waals surface area (Å²) in [6.45, 7) is 8.14. The first-order valence-corrected chi connectivity index (χ1v) is 8.86. The third-order valence-electron chi connectivity index (χ3n) is 5.32. The van der Waals surface area contributed by atoms with Gasteiger partial charge in [-0.05, 0) is 58.3 Å². The smallest absolute Gasteiger partial charge is 0.307 e. The van der Waals surface area contributed by atoms with Gasteiger partial charge in [0.25, 0.3) is 0 Å². The van der Waals surface area contributed by atoms with E-state index in [4.69, 9.17) is 4.74 Å². The van der Waals surface area contributed by atoms with E-state index in [1.165, 1.54) is 25.7 Å². The number of carbonyl (C=O) groups excluding carboxylic acids is 1. The number of ether oxygens (including phenoxy) is 1. The molecule has 0 radical (unpaired) electrons. The summed E-state index contributed by atoms with van der Waals surface area (Å²) < 4.78 is 5.47. The number of piperidine rings is 1. The average molecular weight is 311 g/mol. The number of aliphatic hydroxyl groups is 1. The number of rotatable bonds is 4. The first-order chi connectivity index (χ1) is 10.3. The highest BCUT2D eigenvalue weighted by molar-refractivity contribution is 5.70. The predicted octanol–water partition coefficient (Wildman–Crippen LogP) is 3.03. The Balaban J connectivity index is 1.98. The molecule has 4 atom stereocenters. The Bertz CT molecular complexity index is 390. The molecule has 1 aliphatic carbocycles. The quantitative estimate of drug-likeness (QED) is 0.784. The number of esters is 1. The number of nitrogens with one attached hydrogen (secondary N) is 1. The van der Waals surface area contributed by atoms with Gasteiger partial charge in [-0.25, -0.2) is 0 Å². The zero-order valence-electron chi connectivity index (χ0n) is 14.7. The summed E-state index contributed by atoms with van der Waals surface area (Å²) in [5.74, 6) is 0.751. The fraction of sp³-hybridized carbons (Fsp3) is 0.944. The van der Waals surface area contributed by atoms with E-state index < -0.39 is 5.60 Å². The van der Waals surface area contributed by atoms with E-state index in [9.17, 15) is 9.90 Å². The minimum Gasteiger partial charge on any atom is -0.460 e. The summed E-state index contributed by atoms with van der Waals surface area (Å²) in [6.07, 6.45) is 7.42. The first-order valence-electron chi connectivity index (χ1n) is 8.86. The third kappa shape index (κ3) is 4.23. The van der Waals surface area contributed by atoms with Gasteiger partial charge in [-0.15, -0.1) is 0 Å². The fourth-order valence-electron chi connectivity index (χ4n) is 4.50. The fourth-order valence-corrected chi connectivity index (χ4v) is 4.50. The van der Waals surface area contributed by atoms with E-state index in [1.807, 2.05) is 20.8 Å². The lowest BCUT2D eigenvalue weighted by Crippen LogP contribution is -2.57. The second-order valence-corrected chi connectivity index (χ2v) is 8.34. The normalized spacial score (nSPS) is 33.9. The molecule has 0 aromatic rings. The van der Waals surface area contributed by atoms with Crippen molar-refractivity contribution in [3.05, 3.63) is 0 Å². The Kier molecular flexibility index (Phi) is 5.54. The summed E-state index contributed by atoms with van der Waals surface area (Å²) in [4.78, 5) is 12.1. The van der Waals surface area contributed by atoms with Crippen LogP contribution >= 0.6 is 0 Å².